The quantitative estimate of drug-likeness (QED) is 0.836. The van der Waals surface area contributed by atoms with Gasteiger partial charge in [-0.15, -0.1) is 0 Å². The van der Waals surface area contributed by atoms with E-state index in [-0.39, 0.29) is 6.10 Å². The molecule has 0 amide bonds. The van der Waals surface area contributed by atoms with Gasteiger partial charge in [0.1, 0.15) is 0 Å². The van der Waals surface area contributed by atoms with Crippen molar-refractivity contribution in [2.75, 3.05) is 13.1 Å². The first-order valence-corrected chi connectivity index (χ1v) is 6.12. The van der Waals surface area contributed by atoms with Crippen LogP contribution in [0.5, 0.6) is 0 Å². The molecule has 0 aromatic carbocycles. The molecule has 4 heteroatoms. The second-order valence-corrected chi connectivity index (χ2v) is 4.62. The van der Waals surface area contributed by atoms with Gasteiger partial charge in [0.2, 0.25) is 0 Å². The lowest BCUT2D eigenvalue weighted by Crippen LogP contribution is -2.38. The van der Waals surface area contributed by atoms with Crippen molar-refractivity contribution in [3.05, 3.63) is 17.5 Å². The highest BCUT2D eigenvalue weighted by molar-refractivity contribution is 5.09. The average molecular weight is 223 g/mol. The van der Waals surface area contributed by atoms with Gasteiger partial charge in [-0.3, -0.25) is 9.58 Å². The van der Waals surface area contributed by atoms with Gasteiger partial charge in [0, 0.05) is 19.6 Å². The molecule has 1 atom stereocenters. The lowest BCUT2D eigenvalue weighted by molar-refractivity contribution is 0.0654. The molecule has 1 aliphatic rings. The summed E-state index contributed by atoms with van der Waals surface area (Å²) in [5.74, 6) is 0. The minimum atomic E-state index is -0.146. The smallest absolute Gasteiger partial charge is 0.0667 e. The number of likely N-dealkylation sites (tertiary alicyclic amines) is 1. The molecular formula is C12H21N3O. The monoisotopic (exact) mass is 223 g/mol. The molecule has 0 aliphatic carbocycles. The molecule has 2 rings (SSSR count). The normalized spacial score (nSPS) is 22.6. The van der Waals surface area contributed by atoms with E-state index in [4.69, 9.17) is 0 Å². The Balaban J connectivity index is 2.02. The van der Waals surface area contributed by atoms with Crippen LogP contribution in [0, 0.1) is 6.92 Å². The molecule has 90 valence electrons. The van der Waals surface area contributed by atoms with Gasteiger partial charge in [-0.1, -0.05) is 0 Å². The van der Waals surface area contributed by atoms with E-state index in [1.165, 1.54) is 5.69 Å². The first kappa shape index (κ1) is 11.6. The molecule has 0 saturated carbocycles. The first-order chi connectivity index (χ1) is 7.69. The fourth-order valence-electron chi connectivity index (χ4n) is 2.40. The first-order valence-electron chi connectivity index (χ1n) is 6.12. The van der Waals surface area contributed by atoms with Crippen LogP contribution in [-0.4, -0.2) is 39.0 Å². The van der Waals surface area contributed by atoms with Crippen molar-refractivity contribution in [3.8, 4) is 0 Å². The molecule has 4 nitrogen and oxygen atoms in total. The van der Waals surface area contributed by atoms with Crippen LogP contribution in [0.1, 0.15) is 31.2 Å². The number of nitrogens with zero attached hydrogens (tertiary/aromatic N) is 3. The van der Waals surface area contributed by atoms with E-state index in [1.54, 1.807) is 0 Å². The largest absolute Gasteiger partial charge is 0.392 e. The van der Waals surface area contributed by atoms with Crippen molar-refractivity contribution in [2.45, 2.75) is 45.9 Å². The van der Waals surface area contributed by atoms with Crippen molar-refractivity contribution >= 4 is 0 Å². The van der Waals surface area contributed by atoms with Crippen LogP contribution in [0.4, 0.5) is 0 Å². The zero-order valence-corrected chi connectivity index (χ0v) is 10.2. The summed E-state index contributed by atoms with van der Waals surface area (Å²) >= 11 is 0. The molecule has 16 heavy (non-hydrogen) atoms. The van der Waals surface area contributed by atoms with E-state index >= 15 is 0 Å². The maximum atomic E-state index is 9.63. The Morgan fingerprint density at radius 1 is 1.56 bits per heavy atom. The predicted molar refractivity (Wildman–Crippen MR) is 63.2 cm³/mol. The van der Waals surface area contributed by atoms with Crippen molar-refractivity contribution in [2.24, 2.45) is 0 Å². The summed E-state index contributed by atoms with van der Waals surface area (Å²) in [6, 6.07) is 2.14. The van der Waals surface area contributed by atoms with Crippen LogP contribution in [0.15, 0.2) is 6.07 Å². The third-order valence-corrected chi connectivity index (χ3v) is 3.15. The van der Waals surface area contributed by atoms with Crippen molar-refractivity contribution in [3.63, 3.8) is 0 Å². The minimum Gasteiger partial charge on any atom is -0.392 e. The molecule has 0 radical (unpaired) electrons. The Morgan fingerprint density at radius 3 is 3.06 bits per heavy atom. The lowest BCUT2D eigenvalue weighted by Gasteiger charge is -2.29. The maximum Gasteiger partial charge on any atom is 0.0667 e. The SMILES string of the molecule is CCn1nc(C)cc1CN1CCC[C@H](O)C1. The number of aryl methyl sites for hydroxylation is 2. The van der Waals surface area contributed by atoms with Crippen LogP contribution < -0.4 is 0 Å². The lowest BCUT2D eigenvalue weighted by atomic mass is 10.1. The zero-order chi connectivity index (χ0) is 11.5. The summed E-state index contributed by atoms with van der Waals surface area (Å²) in [6.07, 6.45) is 1.90. The molecule has 1 saturated heterocycles. The third-order valence-electron chi connectivity index (χ3n) is 3.15. The molecular weight excluding hydrogens is 202 g/mol. The Bertz CT molecular complexity index is 348. The summed E-state index contributed by atoms with van der Waals surface area (Å²) < 4.78 is 2.05. The molecule has 0 spiro atoms. The Kier molecular flexibility index (Phi) is 3.61. The molecule has 1 N–H and O–H groups in total. The molecule has 0 unspecified atom stereocenters. The topological polar surface area (TPSA) is 41.3 Å². The van der Waals surface area contributed by atoms with Crippen LogP contribution >= 0.6 is 0 Å². The van der Waals surface area contributed by atoms with Gasteiger partial charge in [0.25, 0.3) is 0 Å². The molecule has 2 heterocycles. The number of rotatable bonds is 3. The fourth-order valence-corrected chi connectivity index (χ4v) is 2.40. The van der Waals surface area contributed by atoms with E-state index in [1.807, 2.05) is 6.92 Å². The number of aromatic nitrogens is 2. The number of β-amino-alcohol motifs (C(OH)–C–C–N with tert-alkyl or cyclic N) is 1. The highest BCUT2D eigenvalue weighted by atomic mass is 16.3. The van der Waals surface area contributed by atoms with Gasteiger partial charge in [-0.2, -0.15) is 5.10 Å². The summed E-state index contributed by atoms with van der Waals surface area (Å²) in [6.45, 7) is 7.85. The van der Waals surface area contributed by atoms with Crippen LogP contribution in [-0.2, 0) is 13.1 Å². The average Bonchev–Trinajstić information content (AvgIpc) is 2.59. The summed E-state index contributed by atoms with van der Waals surface area (Å²) in [5.41, 5.74) is 2.34. The van der Waals surface area contributed by atoms with E-state index < -0.39 is 0 Å². The number of hydrogen-bond acceptors (Lipinski definition) is 3. The fraction of sp³-hybridized carbons (Fsp3) is 0.750. The van der Waals surface area contributed by atoms with Gasteiger partial charge < -0.3 is 5.11 Å². The standard InChI is InChI=1S/C12H21N3O/c1-3-15-11(7-10(2)13-15)8-14-6-4-5-12(16)9-14/h7,12,16H,3-6,8-9H2,1-2H3/t12-/m0/s1. The van der Waals surface area contributed by atoms with E-state index in [0.717, 1.165) is 44.7 Å². The second kappa shape index (κ2) is 4.97. The zero-order valence-electron chi connectivity index (χ0n) is 10.2. The molecule has 1 aliphatic heterocycles. The molecule has 1 aromatic rings. The Hall–Kier alpha value is -0.870. The van der Waals surface area contributed by atoms with Crippen molar-refractivity contribution < 1.29 is 5.11 Å². The van der Waals surface area contributed by atoms with Gasteiger partial charge in [0.05, 0.1) is 17.5 Å². The number of piperidine rings is 1. The third kappa shape index (κ3) is 2.62. The van der Waals surface area contributed by atoms with Gasteiger partial charge in [-0.25, -0.2) is 0 Å². The highest BCUT2D eigenvalue weighted by Gasteiger charge is 2.18. The number of hydrogen-bond donors (Lipinski definition) is 1. The van der Waals surface area contributed by atoms with Crippen LogP contribution in [0.2, 0.25) is 0 Å². The van der Waals surface area contributed by atoms with Gasteiger partial charge in [-0.05, 0) is 39.3 Å². The summed E-state index contributed by atoms with van der Waals surface area (Å²) in [7, 11) is 0. The van der Waals surface area contributed by atoms with Crippen LogP contribution in [0.3, 0.4) is 0 Å². The summed E-state index contributed by atoms with van der Waals surface area (Å²) in [5, 5.41) is 14.1. The van der Waals surface area contributed by atoms with Crippen molar-refractivity contribution in [1.82, 2.24) is 14.7 Å². The minimum absolute atomic E-state index is 0.146. The highest BCUT2D eigenvalue weighted by Crippen LogP contribution is 2.14. The summed E-state index contributed by atoms with van der Waals surface area (Å²) in [4.78, 5) is 2.32. The van der Waals surface area contributed by atoms with Crippen LogP contribution in [0.25, 0.3) is 0 Å². The van der Waals surface area contributed by atoms with E-state index in [2.05, 4.69) is 27.7 Å². The van der Waals surface area contributed by atoms with Gasteiger partial charge in [0.15, 0.2) is 0 Å². The van der Waals surface area contributed by atoms with Gasteiger partial charge >= 0.3 is 0 Å². The molecule has 0 bridgehead atoms. The second-order valence-electron chi connectivity index (χ2n) is 4.62. The Morgan fingerprint density at radius 2 is 2.38 bits per heavy atom. The number of aliphatic hydroxyl groups excluding tert-OH is 1. The predicted octanol–water partition coefficient (Wildman–Crippen LogP) is 1.17. The number of aliphatic hydroxyl groups is 1. The maximum absolute atomic E-state index is 9.63. The molecule has 1 fully saturated rings. The Labute approximate surface area is 96.9 Å². The molecule has 1 aromatic heterocycles. The van der Waals surface area contributed by atoms with E-state index in [0.29, 0.717) is 0 Å². The van der Waals surface area contributed by atoms with Crippen molar-refractivity contribution in [1.29, 1.82) is 0 Å². The van der Waals surface area contributed by atoms with E-state index in [9.17, 15) is 5.11 Å².